The van der Waals surface area contributed by atoms with Crippen LogP contribution in [0.15, 0.2) is 17.5 Å². The average molecular weight is 294 g/mol. The van der Waals surface area contributed by atoms with Gasteiger partial charge in [-0.2, -0.15) is 0 Å². The van der Waals surface area contributed by atoms with E-state index in [0.29, 0.717) is 6.04 Å². The monoisotopic (exact) mass is 294 g/mol. The Morgan fingerprint density at radius 1 is 1.40 bits per heavy atom. The van der Waals surface area contributed by atoms with Gasteiger partial charge in [-0.3, -0.25) is 10.1 Å². The third-order valence-electron chi connectivity index (χ3n) is 4.09. The number of hydrogen-bond donors (Lipinski definition) is 2. The normalized spacial score (nSPS) is 19.5. The first-order chi connectivity index (χ1) is 9.70. The molecule has 0 aromatic carbocycles. The number of carbonyl (C=O) groups excluding carboxylic acids is 1. The molecule has 2 N–H and O–H groups in total. The maximum Gasteiger partial charge on any atom is 0.237 e. The molecule has 2 rings (SSSR count). The summed E-state index contributed by atoms with van der Waals surface area (Å²) in [6.45, 7) is 4.12. The topological polar surface area (TPSA) is 41.1 Å². The summed E-state index contributed by atoms with van der Waals surface area (Å²) in [6.07, 6.45) is 7.10. The van der Waals surface area contributed by atoms with Crippen molar-refractivity contribution in [1.82, 2.24) is 10.6 Å². The summed E-state index contributed by atoms with van der Waals surface area (Å²) in [5.41, 5.74) is 0. The molecule has 1 aromatic rings. The fraction of sp³-hybridized carbons (Fsp3) is 0.688. The van der Waals surface area contributed by atoms with E-state index in [2.05, 4.69) is 35.1 Å². The minimum atomic E-state index is -0.135. The van der Waals surface area contributed by atoms with Crippen LogP contribution in [-0.4, -0.2) is 18.0 Å². The molecular formula is C16H26N2OS. The number of thiophene rings is 1. The highest BCUT2D eigenvalue weighted by molar-refractivity contribution is 7.10. The van der Waals surface area contributed by atoms with E-state index in [1.807, 2.05) is 6.92 Å². The van der Waals surface area contributed by atoms with Gasteiger partial charge >= 0.3 is 0 Å². The van der Waals surface area contributed by atoms with Gasteiger partial charge in [-0.1, -0.05) is 32.3 Å². The van der Waals surface area contributed by atoms with Crippen LogP contribution in [0.3, 0.4) is 0 Å². The van der Waals surface area contributed by atoms with Crippen LogP contribution in [0.5, 0.6) is 0 Å². The maximum atomic E-state index is 12.3. The molecular weight excluding hydrogens is 268 g/mol. The van der Waals surface area contributed by atoms with Gasteiger partial charge in [-0.25, -0.2) is 0 Å². The smallest absolute Gasteiger partial charge is 0.237 e. The van der Waals surface area contributed by atoms with Crippen LogP contribution in [0, 0.1) is 0 Å². The van der Waals surface area contributed by atoms with Gasteiger partial charge < -0.3 is 5.32 Å². The predicted molar refractivity (Wildman–Crippen MR) is 85.0 cm³/mol. The standard InChI is InChI=1S/C16H26N2OS/c1-3-14(15-10-7-11-20-15)17-12(2)16(19)18-13-8-5-4-6-9-13/h7,10-14,17H,3-6,8-9H2,1-2H3,(H,18,19). The lowest BCUT2D eigenvalue weighted by Crippen LogP contribution is -2.47. The summed E-state index contributed by atoms with van der Waals surface area (Å²) in [7, 11) is 0. The van der Waals surface area contributed by atoms with E-state index in [-0.39, 0.29) is 18.0 Å². The SMILES string of the molecule is CCC(NC(C)C(=O)NC1CCCCC1)c1cccs1. The van der Waals surface area contributed by atoms with Crippen molar-refractivity contribution >= 4 is 17.2 Å². The Balaban J connectivity index is 1.83. The third-order valence-corrected chi connectivity index (χ3v) is 5.08. The van der Waals surface area contributed by atoms with E-state index in [0.717, 1.165) is 19.3 Å². The molecule has 2 atom stereocenters. The summed E-state index contributed by atoms with van der Waals surface area (Å²) in [6, 6.07) is 4.74. The Bertz CT molecular complexity index is 399. The molecule has 4 heteroatoms. The zero-order valence-electron chi connectivity index (χ0n) is 12.5. The van der Waals surface area contributed by atoms with E-state index in [9.17, 15) is 4.79 Å². The second kappa shape index (κ2) is 7.79. The molecule has 3 nitrogen and oxygen atoms in total. The summed E-state index contributed by atoms with van der Waals surface area (Å²) < 4.78 is 0. The molecule has 1 saturated carbocycles. The van der Waals surface area contributed by atoms with E-state index in [1.54, 1.807) is 11.3 Å². The summed E-state index contributed by atoms with van der Waals surface area (Å²) in [5, 5.41) is 8.74. The van der Waals surface area contributed by atoms with Gasteiger partial charge in [0.1, 0.15) is 0 Å². The molecule has 0 spiro atoms. The molecule has 1 fully saturated rings. The van der Waals surface area contributed by atoms with Gasteiger partial charge in [-0.05, 0) is 37.6 Å². The lowest BCUT2D eigenvalue weighted by atomic mass is 9.95. The van der Waals surface area contributed by atoms with Gasteiger partial charge in [-0.15, -0.1) is 11.3 Å². The fourth-order valence-corrected chi connectivity index (χ4v) is 3.71. The summed E-state index contributed by atoms with van der Waals surface area (Å²) in [5.74, 6) is 0.145. The Kier molecular flexibility index (Phi) is 6.05. The molecule has 1 aromatic heterocycles. The highest BCUT2D eigenvalue weighted by Gasteiger charge is 2.22. The molecule has 1 aliphatic carbocycles. The second-order valence-corrected chi connectivity index (χ2v) is 6.69. The first kappa shape index (κ1) is 15.5. The molecule has 112 valence electrons. The van der Waals surface area contributed by atoms with Crippen molar-refractivity contribution in [3.05, 3.63) is 22.4 Å². The quantitative estimate of drug-likeness (QED) is 0.841. The molecule has 1 heterocycles. The molecule has 0 aliphatic heterocycles. The summed E-state index contributed by atoms with van der Waals surface area (Å²) >= 11 is 1.75. The van der Waals surface area contributed by atoms with Crippen molar-refractivity contribution in [2.45, 2.75) is 70.5 Å². The number of carbonyl (C=O) groups is 1. The Hall–Kier alpha value is -0.870. The highest BCUT2D eigenvalue weighted by Crippen LogP contribution is 2.22. The number of rotatable bonds is 6. The predicted octanol–water partition coefficient (Wildman–Crippen LogP) is 3.63. The van der Waals surface area contributed by atoms with Crippen LogP contribution in [-0.2, 0) is 4.79 Å². The van der Waals surface area contributed by atoms with Crippen molar-refractivity contribution in [3.8, 4) is 0 Å². The van der Waals surface area contributed by atoms with Gasteiger partial charge in [0.25, 0.3) is 0 Å². The van der Waals surface area contributed by atoms with Gasteiger partial charge in [0.2, 0.25) is 5.91 Å². The molecule has 0 bridgehead atoms. The Labute approximate surface area is 126 Å². The Morgan fingerprint density at radius 2 is 2.15 bits per heavy atom. The largest absolute Gasteiger partial charge is 0.352 e. The molecule has 1 aliphatic rings. The fourth-order valence-electron chi connectivity index (χ4n) is 2.84. The minimum Gasteiger partial charge on any atom is -0.352 e. The van der Waals surface area contributed by atoms with Gasteiger partial charge in [0.05, 0.1) is 6.04 Å². The molecule has 0 radical (unpaired) electrons. The zero-order valence-corrected chi connectivity index (χ0v) is 13.3. The highest BCUT2D eigenvalue weighted by atomic mass is 32.1. The van der Waals surface area contributed by atoms with Crippen molar-refractivity contribution in [1.29, 1.82) is 0 Å². The van der Waals surface area contributed by atoms with E-state index >= 15 is 0 Å². The van der Waals surface area contributed by atoms with Gasteiger partial charge in [0.15, 0.2) is 0 Å². The van der Waals surface area contributed by atoms with Crippen molar-refractivity contribution in [2.24, 2.45) is 0 Å². The second-order valence-electron chi connectivity index (χ2n) is 5.71. The maximum absolute atomic E-state index is 12.3. The van der Waals surface area contributed by atoms with Crippen LogP contribution in [0.1, 0.15) is 63.3 Å². The van der Waals surface area contributed by atoms with Crippen LogP contribution in [0.25, 0.3) is 0 Å². The number of amides is 1. The first-order valence-corrected chi connectivity index (χ1v) is 8.68. The van der Waals surface area contributed by atoms with E-state index < -0.39 is 0 Å². The zero-order chi connectivity index (χ0) is 14.4. The van der Waals surface area contributed by atoms with Crippen LogP contribution < -0.4 is 10.6 Å². The lowest BCUT2D eigenvalue weighted by Gasteiger charge is -2.26. The lowest BCUT2D eigenvalue weighted by molar-refractivity contribution is -0.123. The summed E-state index contributed by atoms with van der Waals surface area (Å²) in [4.78, 5) is 13.6. The first-order valence-electron chi connectivity index (χ1n) is 7.80. The van der Waals surface area contributed by atoms with E-state index in [1.165, 1.54) is 24.1 Å². The van der Waals surface area contributed by atoms with Gasteiger partial charge in [0, 0.05) is 17.0 Å². The average Bonchev–Trinajstić information content (AvgIpc) is 2.99. The van der Waals surface area contributed by atoms with Crippen LogP contribution in [0.2, 0.25) is 0 Å². The molecule has 20 heavy (non-hydrogen) atoms. The van der Waals surface area contributed by atoms with E-state index in [4.69, 9.17) is 0 Å². The van der Waals surface area contributed by atoms with Crippen molar-refractivity contribution in [3.63, 3.8) is 0 Å². The number of nitrogens with one attached hydrogen (secondary N) is 2. The molecule has 0 saturated heterocycles. The number of hydrogen-bond acceptors (Lipinski definition) is 3. The molecule has 1 amide bonds. The van der Waals surface area contributed by atoms with Crippen LogP contribution >= 0.6 is 11.3 Å². The minimum absolute atomic E-state index is 0.135. The Morgan fingerprint density at radius 3 is 2.75 bits per heavy atom. The van der Waals surface area contributed by atoms with Crippen LogP contribution in [0.4, 0.5) is 0 Å². The van der Waals surface area contributed by atoms with Crippen molar-refractivity contribution < 1.29 is 4.79 Å². The third kappa shape index (κ3) is 4.32. The molecule has 2 unspecified atom stereocenters. The van der Waals surface area contributed by atoms with Crippen molar-refractivity contribution in [2.75, 3.05) is 0 Å².